The van der Waals surface area contributed by atoms with Crippen molar-refractivity contribution < 1.29 is 0 Å². The van der Waals surface area contributed by atoms with Gasteiger partial charge in [0.2, 0.25) is 0 Å². The van der Waals surface area contributed by atoms with Crippen LogP contribution in [0.2, 0.25) is 0 Å². The van der Waals surface area contributed by atoms with Gasteiger partial charge in [-0.05, 0) is 73.9 Å². The van der Waals surface area contributed by atoms with Gasteiger partial charge in [-0.1, -0.05) is 45.1 Å². The average Bonchev–Trinajstić information content (AvgIpc) is 3.30. The van der Waals surface area contributed by atoms with Crippen molar-refractivity contribution in [1.29, 1.82) is 0 Å². The molecular formula is C22H32S2. The van der Waals surface area contributed by atoms with Crippen molar-refractivity contribution in [2.24, 2.45) is 0 Å². The highest BCUT2D eigenvalue weighted by Crippen LogP contribution is 2.43. The summed E-state index contributed by atoms with van der Waals surface area (Å²) in [6.45, 7) is 2.29. The lowest BCUT2D eigenvalue weighted by Gasteiger charge is -2.27. The van der Waals surface area contributed by atoms with Gasteiger partial charge in [0.05, 0.1) is 0 Å². The Hall–Kier alpha value is -0.600. The molecule has 2 heterocycles. The van der Waals surface area contributed by atoms with E-state index in [1.165, 1.54) is 70.6 Å². The first kappa shape index (κ1) is 18.2. The summed E-state index contributed by atoms with van der Waals surface area (Å²) in [5.74, 6) is 1.67. The maximum atomic E-state index is 2.44. The fourth-order valence-electron chi connectivity index (χ4n) is 4.01. The minimum Gasteiger partial charge on any atom is -0.149 e. The van der Waals surface area contributed by atoms with E-state index < -0.39 is 0 Å². The van der Waals surface area contributed by atoms with Crippen LogP contribution in [0.15, 0.2) is 29.6 Å². The number of rotatable bonds is 9. The number of unbranched alkanes of at least 4 members (excludes halogenated alkanes) is 5. The summed E-state index contributed by atoms with van der Waals surface area (Å²) in [5.41, 5.74) is 0. The van der Waals surface area contributed by atoms with Crippen molar-refractivity contribution in [3.05, 3.63) is 44.3 Å². The molecule has 0 radical (unpaired) electrons. The summed E-state index contributed by atoms with van der Waals surface area (Å²) in [4.78, 5) is 4.91. The van der Waals surface area contributed by atoms with Crippen LogP contribution in [0.4, 0.5) is 0 Å². The smallest absolute Gasteiger partial charge is 0.00791 e. The van der Waals surface area contributed by atoms with Crippen molar-refractivity contribution in [1.82, 2.24) is 0 Å². The molecule has 1 fully saturated rings. The minimum atomic E-state index is 0.837. The number of hydrogen-bond donors (Lipinski definition) is 0. The van der Waals surface area contributed by atoms with E-state index in [0.29, 0.717) is 0 Å². The molecule has 0 amide bonds. The minimum absolute atomic E-state index is 0.837. The van der Waals surface area contributed by atoms with Gasteiger partial charge >= 0.3 is 0 Å². The fraction of sp³-hybridized carbons (Fsp3) is 0.636. The Morgan fingerprint density at radius 1 is 0.833 bits per heavy atom. The van der Waals surface area contributed by atoms with Crippen LogP contribution in [0.25, 0.3) is 0 Å². The Morgan fingerprint density at radius 3 is 2.25 bits per heavy atom. The van der Waals surface area contributed by atoms with E-state index in [1.807, 2.05) is 11.3 Å². The number of aryl methyl sites for hydroxylation is 1. The Labute approximate surface area is 156 Å². The molecule has 24 heavy (non-hydrogen) atoms. The van der Waals surface area contributed by atoms with Crippen LogP contribution in [-0.2, 0) is 6.42 Å². The lowest BCUT2D eigenvalue weighted by atomic mass is 9.81. The maximum Gasteiger partial charge on any atom is 0.00791 e. The van der Waals surface area contributed by atoms with Gasteiger partial charge in [-0.3, -0.25) is 0 Å². The third-order valence-corrected chi connectivity index (χ3v) is 7.88. The van der Waals surface area contributed by atoms with Crippen molar-refractivity contribution in [2.75, 3.05) is 0 Å². The molecule has 1 aliphatic rings. The van der Waals surface area contributed by atoms with Gasteiger partial charge in [0.1, 0.15) is 0 Å². The van der Waals surface area contributed by atoms with E-state index in [9.17, 15) is 0 Å². The summed E-state index contributed by atoms with van der Waals surface area (Å²) >= 11 is 4.06. The van der Waals surface area contributed by atoms with Gasteiger partial charge in [-0.2, -0.15) is 0 Å². The van der Waals surface area contributed by atoms with Gasteiger partial charge < -0.3 is 0 Å². The highest BCUT2D eigenvalue weighted by atomic mass is 32.1. The van der Waals surface area contributed by atoms with Gasteiger partial charge in [0.25, 0.3) is 0 Å². The quantitative estimate of drug-likeness (QED) is 0.396. The molecule has 0 aliphatic heterocycles. The van der Waals surface area contributed by atoms with Gasteiger partial charge in [0.15, 0.2) is 0 Å². The second-order valence-corrected chi connectivity index (χ2v) is 9.56. The van der Waals surface area contributed by atoms with Gasteiger partial charge in [-0.25, -0.2) is 0 Å². The van der Waals surface area contributed by atoms with Crippen molar-refractivity contribution in [3.63, 3.8) is 0 Å². The third-order valence-electron chi connectivity index (χ3n) is 5.53. The van der Waals surface area contributed by atoms with Gasteiger partial charge in [0, 0.05) is 14.6 Å². The third kappa shape index (κ3) is 5.20. The van der Waals surface area contributed by atoms with Crippen molar-refractivity contribution >= 4 is 22.7 Å². The highest BCUT2D eigenvalue weighted by Gasteiger charge is 2.24. The first-order valence-corrected chi connectivity index (χ1v) is 11.7. The lowest BCUT2D eigenvalue weighted by molar-refractivity contribution is 0.403. The van der Waals surface area contributed by atoms with Crippen LogP contribution >= 0.6 is 22.7 Å². The van der Waals surface area contributed by atoms with E-state index in [0.717, 1.165) is 11.8 Å². The summed E-state index contributed by atoms with van der Waals surface area (Å²) in [7, 11) is 0. The van der Waals surface area contributed by atoms with Gasteiger partial charge in [-0.15, -0.1) is 22.7 Å². The standard InChI is InChI=1S/C22H32S2/c1-2-3-4-5-6-7-9-20-15-16-22(24-20)19-13-11-18(12-14-19)21-10-8-17-23-21/h8,10,15-19H,2-7,9,11-14H2,1H3. The van der Waals surface area contributed by atoms with Crippen LogP contribution in [0.5, 0.6) is 0 Å². The molecule has 2 heteroatoms. The Morgan fingerprint density at radius 2 is 1.54 bits per heavy atom. The molecule has 0 atom stereocenters. The van der Waals surface area contributed by atoms with Crippen molar-refractivity contribution in [2.45, 2.75) is 89.4 Å². The summed E-state index contributed by atoms with van der Waals surface area (Å²) in [6.07, 6.45) is 15.3. The molecule has 0 aromatic carbocycles. The Kier molecular flexibility index (Phi) is 7.41. The molecule has 0 spiro atoms. The molecule has 132 valence electrons. The topological polar surface area (TPSA) is 0 Å². The molecular weight excluding hydrogens is 328 g/mol. The number of thiophene rings is 2. The first-order valence-electron chi connectivity index (χ1n) is 9.99. The summed E-state index contributed by atoms with van der Waals surface area (Å²) < 4.78 is 0. The predicted octanol–water partition coefficient (Wildman–Crippen LogP) is 8.15. The molecule has 1 saturated carbocycles. The lowest BCUT2D eigenvalue weighted by Crippen LogP contribution is -2.10. The SMILES string of the molecule is CCCCCCCCc1ccc(C2CCC(c3cccs3)CC2)s1. The second kappa shape index (κ2) is 9.77. The molecule has 0 saturated heterocycles. The van der Waals surface area contributed by atoms with E-state index in [-0.39, 0.29) is 0 Å². The molecule has 0 nitrogen and oxygen atoms in total. The largest absolute Gasteiger partial charge is 0.149 e. The molecule has 1 aliphatic carbocycles. The molecule has 0 unspecified atom stereocenters. The van der Waals surface area contributed by atoms with Crippen molar-refractivity contribution in [3.8, 4) is 0 Å². The zero-order valence-corrected chi connectivity index (χ0v) is 16.8. The first-order chi connectivity index (χ1) is 11.9. The van der Waals surface area contributed by atoms with Crippen LogP contribution in [0.3, 0.4) is 0 Å². The normalized spacial score (nSPS) is 21.2. The number of hydrogen-bond acceptors (Lipinski definition) is 2. The van der Waals surface area contributed by atoms with Crippen LogP contribution in [0, 0.1) is 0 Å². The maximum absolute atomic E-state index is 2.44. The average molecular weight is 361 g/mol. The molecule has 3 rings (SSSR count). The van der Waals surface area contributed by atoms with E-state index in [2.05, 4.69) is 47.9 Å². The second-order valence-electron chi connectivity index (χ2n) is 7.39. The zero-order valence-electron chi connectivity index (χ0n) is 15.1. The Bertz CT molecular complexity index is 559. The highest BCUT2D eigenvalue weighted by molar-refractivity contribution is 7.12. The van der Waals surface area contributed by atoms with E-state index >= 15 is 0 Å². The molecule has 2 aromatic heterocycles. The monoisotopic (exact) mass is 360 g/mol. The summed E-state index contributed by atoms with van der Waals surface area (Å²) in [6, 6.07) is 9.39. The predicted molar refractivity (Wildman–Crippen MR) is 110 cm³/mol. The molecule has 0 N–H and O–H groups in total. The molecule has 2 aromatic rings. The summed E-state index contributed by atoms with van der Waals surface area (Å²) in [5, 5.41) is 2.23. The van der Waals surface area contributed by atoms with Crippen LogP contribution in [-0.4, -0.2) is 0 Å². The van der Waals surface area contributed by atoms with E-state index in [1.54, 1.807) is 14.6 Å². The van der Waals surface area contributed by atoms with E-state index in [4.69, 9.17) is 0 Å². The zero-order chi connectivity index (χ0) is 16.6. The van der Waals surface area contributed by atoms with Crippen LogP contribution in [0.1, 0.15) is 97.6 Å². The fourth-order valence-corrected chi connectivity index (χ4v) is 6.14. The van der Waals surface area contributed by atoms with Crippen LogP contribution < -0.4 is 0 Å². The Balaban J connectivity index is 1.40. The molecule has 0 bridgehead atoms.